The third-order valence-electron chi connectivity index (χ3n) is 11.1. The molecule has 4 atom stereocenters. The molecular formula is C42H45FN8O6S. The molecule has 302 valence electrons. The quantitative estimate of drug-likeness (QED) is 0.108. The molecule has 0 unspecified atom stereocenters. The number of likely N-dealkylation sites (tertiary alicyclic amines) is 2. The molecule has 0 spiro atoms. The summed E-state index contributed by atoms with van der Waals surface area (Å²) in [4.78, 5) is 39.8. The van der Waals surface area contributed by atoms with E-state index in [4.69, 9.17) is 9.26 Å². The summed E-state index contributed by atoms with van der Waals surface area (Å²) < 4.78 is 27.1. The standard InChI is InChI=1S/C42H45FN8O6S/c1-22(2)36(42(55)51-20-28(52)15-32(51)41(54)45-23(3)25-9-11-26(12-10-25)39-24(4)44-21-58-39)34-17-35(49-57-34)56-14-13-50-18-27(19-50)38-37(43)30-16-31(47-48-40(30)46-38)29-7-5-6-8-33(29)53/h5-12,16-17,21-23,27-28,32,36,52-53H,13-15,18-20H2,1-4H3,(H,45,54)(H,46,48)/t23-,28+,32-,36+/m0/s1. The van der Waals surface area contributed by atoms with Crippen molar-refractivity contribution in [3.05, 3.63) is 94.7 Å². The highest BCUT2D eigenvalue weighted by Gasteiger charge is 2.43. The van der Waals surface area contributed by atoms with Gasteiger partial charge >= 0.3 is 0 Å². The van der Waals surface area contributed by atoms with Gasteiger partial charge in [-0.3, -0.25) is 14.5 Å². The maximum absolute atomic E-state index is 15.5. The predicted molar refractivity (Wildman–Crippen MR) is 215 cm³/mol. The number of aromatic amines is 1. The number of phenols is 1. The van der Waals surface area contributed by atoms with E-state index in [1.165, 1.54) is 4.90 Å². The smallest absolute Gasteiger partial charge is 0.254 e. The Labute approximate surface area is 338 Å². The topological polar surface area (TPSA) is 183 Å². The average molecular weight is 809 g/mol. The maximum atomic E-state index is 15.5. The van der Waals surface area contributed by atoms with Crippen LogP contribution >= 0.6 is 11.3 Å². The second-order valence-corrected chi connectivity index (χ2v) is 16.3. The Kier molecular flexibility index (Phi) is 11.0. The highest BCUT2D eigenvalue weighted by Crippen LogP contribution is 2.36. The number of aromatic nitrogens is 5. The van der Waals surface area contributed by atoms with Gasteiger partial charge in [0, 0.05) is 50.1 Å². The van der Waals surface area contributed by atoms with Gasteiger partial charge in [-0.15, -0.1) is 21.5 Å². The first-order valence-electron chi connectivity index (χ1n) is 19.4. The van der Waals surface area contributed by atoms with Crippen LogP contribution in [-0.2, 0) is 9.59 Å². The zero-order chi connectivity index (χ0) is 40.7. The number of aliphatic hydroxyl groups is 1. The molecule has 2 aliphatic rings. The molecule has 0 aliphatic carbocycles. The van der Waals surface area contributed by atoms with Gasteiger partial charge in [0.05, 0.1) is 45.0 Å². The largest absolute Gasteiger partial charge is 0.507 e. The number of hydrogen-bond acceptors (Lipinski definition) is 12. The Balaban J connectivity index is 0.847. The lowest BCUT2D eigenvalue weighted by Gasteiger charge is -2.38. The molecule has 0 saturated carbocycles. The fourth-order valence-electron chi connectivity index (χ4n) is 7.90. The number of aliphatic hydroxyl groups excluding tert-OH is 1. The van der Waals surface area contributed by atoms with E-state index in [9.17, 15) is 19.8 Å². The number of fused-ring (bicyclic) bond motifs is 1. The molecular weight excluding hydrogens is 764 g/mol. The third-order valence-corrected chi connectivity index (χ3v) is 12.1. The molecule has 2 aliphatic heterocycles. The van der Waals surface area contributed by atoms with Gasteiger partial charge in [-0.2, -0.15) is 0 Å². The van der Waals surface area contributed by atoms with Crippen molar-refractivity contribution in [3.63, 3.8) is 0 Å². The summed E-state index contributed by atoms with van der Waals surface area (Å²) in [6.07, 6.45) is -0.716. The Morgan fingerprint density at radius 2 is 1.86 bits per heavy atom. The molecule has 8 rings (SSSR count). The third kappa shape index (κ3) is 7.78. The van der Waals surface area contributed by atoms with Gasteiger partial charge in [0.2, 0.25) is 11.8 Å². The number of nitrogens with zero attached hydrogens (tertiary/aromatic N) is 6. The fraction of sp³-hybridized carbons (Fsp3) is 0.381. The molecule has 0 radical (unpaired) electrons. The monoisotopic (exact) mass is 808 g/mol. The molecule has 4 N–H and O–H groups in total. The average Bonchev–Trinajstić information content (AvgIpc) is 4.00. The number of rotatable bonds is 13. The number of carbonyl (C=O) groups is 2. The number of benzene rings is 2. The van der Waals surface area contributed by atoms with E-state index in [1.54, 1.807) is 47.7 Å². The number of ether oxygens (including phenoxy) is 1. The van der Waals surface area contributed by atoms with Crippen LogP contribution in [0.1, 0.15) is 67.8 Å². The number of H-pyrrole nitrogens is 1. The number of nitrogens with one attached hydrogen (secondary N) is 2. The molecule has 2 fully saturated rings. The van der Waals surface area contributed by atoms with Gasteiger partial charge in [-0.25, -0.2) is 9.37 Å². The first-order chi connectivity index (χ1) is 27.9. The highest BCUT2D eigenvalue weighted by molar-refractivity contribution is 7.13. The lowest BCUT2D eigenvalue weighted by atomic mass is 9.91. The van der Waals surface area contributed by atoms with E-state index in [0.717, 1.165) is 21.7 Å². The number of carbonyl (C=O) groups excluding carboxylic acids is 2. The number of halogens is 1. The normalized spacial score (nSPS) is 18.4. The second-order valence-electron chi connectivity index (χ2n) is 15.5. The Bertz CT molecular complexity index is 2430. The van der Waals surface area contributed by atoms with Crippen LogP contribution in [0, 0.1) is 18.7 Å². The van der Waals surface area contributed by atoms with Crippen molar-refractivity contribution >= 4 is 34.2 Å². The van der Waals surface area contributed by atoms with E-state index in [2.05, 4.69) is 35.5 Å². The lowest BCUT2D eigenvalue weighted by molar-refractivity contribution is -0.141. The minimum Gasteiger partial charge on any atom is -0.507 e. The molecule has 4 aromatic heterocycles. The Morgan fingerprint density at radius 1 is 1.09 bits per heavy atom. The van der Waals surface area contributed by atoms with Crippen LogP contribution in [0.15, 0.2) is 70.7 Å². The van der Waals surface area contributed by atoms with Gasteiger partial charge in [0.1, 0.15) is 24.3 Å². The summed E-state index contributed by atoms with van der Waals surface area (Å²) in [5.41, 5.74) is 6.44. The van der Waals surface area contributed by atoms with Gasteiger partial charge in [0.15, 0.2) is 17.2 Å². The molecule has 2 aromatic carbocycles. The molecule has 0 bridgehead atoms. The number of phenolic OH excluding ortho intramolecular Hbond substituents is 1. The van der Waals surface area contributed by atoms with Crippen molar-refractivity contribution in [2.45, 2.75) is 64.1 Å². The fourth-order valence-corrected chi connectivity index (χ4v) is 8.71. The summed E-state index contributed by atoms with van der Waals surface area (Å²) in [7, 11) is 0. The Hall–Kier alpha value is -5.71. The molecule has 14 nitrogen and oxygen atoms in total. The van der Waals surface area contributed by atoms with E-state index in [0.29, 0.717) is 53.4 Å². The van der Waals surface area contributed by atoms with Crippen LogP contribution in [-0.4, -0.2) is 102 Å². The number of hydrogen-bond donors (Lipinski definition) is 4. The van der Waals surface area contributed by atoms with Crippen molar-refractivity contribution in [2.75, 3.05) is 32.8 Å². The first-order valence-corrected chi connectivity index (χ1v) is 20.3. The van der Waals surface area contributed by atoms with Crippen molar-refractivity contribution in [1.82, 2.24) is 40.4 Å². The number of thiazole rings is 1. The van der Waals surface area contributed by atoms with Crippen LogP contribution in [0.2, 0.25) is 0 Å². The van der Waals surface area contributed by atoms with Crippen LogP contribution < -0.4 is 10.1 Å². The highest BCUT2D eigenvalue weighted by atomic mass is 32.1. The SMILES string of the molecule is Cc1ncsc1-c1ccc([C@H](C)NC(=O)[C@@H]2C[C@@H](O)CN2C(=O)[C@@H](c2cc(OCCN3CC(c4[nH]c5nnc(-c6ccccc6O)cc5c4F)C3)no2)C(C)C)cc1. The number of aromatic hydroxyl groups is 1. The maximum Gasteiger partial charge on any atom is 0.254 e. The number of para-hydroxylation sites is 1. The summed E-state index contributed by atoms with van der Waals surface area (Å²) in [5.74, 6) is -1.49. The van der Waals surface area contributed by atoms with E-state index in [-0.39, 0.29) is 66.7 Å². The number of amides is 2. The van der Waals surface area contributed by atoms with Gasteiger partial charge in [-0.05, 0) is 54.2 Å². The minimum atomic E-state index is -0.851. The van der Waals surface area contributed by atoms with Crippen molar-refractivity contribution in [1.29, 1.82) is 0 Å². The number of aryl methyl sites for hydroxylation is 1. The van der Waals surface area contributed by atoms with Gasteiger partial charge in [-0.1, -0.05) is 50.2 Å². The van der Waals surface area contributed by atoms with E-state index in [1.807, 2.05) is 57.5 Å². The molecule has 2 amide bonds. The van der Waals surface area contributed by atoms with E-state index >= 15 is 4.39 Å². The van der Waals surface area contributed by atoms with Crippen molar-refractivity contribution < 1.29 is 33.5 Å². The van der Waals surface area contributed by atoms with Crippen molar-refractivity contribution in [2.24, 2.45) is 5.92 Å². The van der Waals surface area contributed by atoms with Crippen LogP contribution in [0.25, 0.3) is 32.7 Å². The van der Waals surface area contributed by atoms with Crippen LogP contribution in [0.5, 0.6) is 11.6 Å². The zero-order valence-electron chi connectivity index (χ0n) is 32.6. The molecule has 6 aromatic rings. The summed E-state index contributed by atoms with van der Waals surface area (Å²) >= 11 is 1.58. The molecule has 6 heterocycles. The van der Waals surface area contributed by atoms with Gasteiger partial charge in [0.25, 0.3) is 5.88 Å². The van der Waals surface area contributed by atoms with Gasteiger partial charge < -0.3 is 34.7 Å². The predicted octanol–water partition coefficient (Wildman–Crippen LogP) is 5.95. The second kappa shape index (κ2) is 16.3. The summed E-state index contributed by atoms with van der Waals surface area (Å²) in [6, 6.07) is 16.7. The van der Waals surface area contributed by atoms with E-state index < -0.39 is 18.1 Å². The zero-order valence-corrected chi connectivity index (χ0v) is 33.4. The summed E-state index contributed by atoms with van der Waals surface area (Å²) in [6.45, 7) is 9.74. The molecule has 2 saturated heterocycles. The lowest BCUT2D eigenvalue weighted by Crippen LogP contribution is -2.48. The number of β-amino-alcohol motifs (C(OH)–C–C–N with tert-alkyl or cyclic N) is 1. The first kappa shape index (κ1) is 39.1. The molecule has 58 heavy (non-hydrogen) atoms. The Morgan fingerprint density at radius 3 is 2.59 bits per heavy atom. The summed E-state index contributed by atoms with van der Waals surface area (Å²) in [5, 5.41) is 36.6. The minimum absolute atomic E-state index is 0.0286. The van der Waals surface area contributed by atoms with Crippen LogP contribution in [0.3, 0.4) is 0 Å². The molecule has 16 heteroatoms. The van der Waals surface area contributed by atoms with Crippen molar-refractivity contribution in [3.8, 4) is 33.3 Å². The van der Waals surface area contributed by atoms with Crippen LogP contribution in [0.4, 0.5) is 4.39 Å².